The van der Waals surface area contributed by atoms with Gasteiger partial charge < -0.3 is 46.9 Å². The molecule has 0 rings (SSSR count). The first-order chi connectivity index (χ1) is 9.61. The van der Waals surface area contributed by atoms with Gasteiger partial charge in [0.1, 0.15) is 18.3 Å². The van der Waals surface area contributed by atoms with Gasteiger partial charge in [-0.15, -0.1) is 0 Å². The maximum absolute atomic E-state index is 8.67. The van der Waals surface area contributed by atoms with Crippen LogP contribution >= 0.6 is 11.8 Å². The van der Waals surface area contributed by atoms with E-state index in [9.17, 15) is 0 Å². The molecule has 2 radical (unpaired) electrons. The van der Waals surface area contributed by atoms with Crippen molar-refractivity contribution >= 4 is 54.5 Å². The fraction of sp³-hybridized carbons (Fsp3) is 0.727. The Hall–Kier alpha value is -1.02. The summed E-state index contributed by atoms with van der Waals surface area (Å²) >= 11 is 2.10. The third-order valence-corrected chi connectivity index (χ3v) is 2.44. The summed E-state index contributed by atoms with van der Waals surface area (Å²) in [5.41, 5.74) is 11.8. The van der Waals surface area contributed by atoms with E-state index in [1.54, 1.807) is 0 Å². The van der Waals surface area contributed by atoms with Gasteiger partial charge in [0.2, 0.25) is 0 Å². The minimum atomic E-state index is -1.58. The smallest absolute Gasteiger partial charge is 0.530 e. The summed E-state index contributed by atoms with van der Waals surface area (Å²) in [6.45, 7) is 4.50. The molecular weight excluding hydrogens is 424 g/mol. The summed E-state index contributed by atoms with van der Waals surface area (Å²) < 4.78 is 0. The molecule has 0 aliphatic carbocycles. The van der Waals surface area contributed by atoms with Crippen molar-refractivity contribution in [2.24, 2.45) is 17.2 Å². The van der Waals surface area contributed by atoms with E-state index in [4.69, 9.17) is 29.7 Å². The van der Waals surface area contributed by atoms with Crippen LogP contribution in [0.15, 0.2) is 0 Å². The molecule has 0 aliphatic heterocycles. The van der Waals surface area contributed by atoms with Crippen molar-refractivity contribution in [2.45, 2.75) is 39.5 Å². The van der Waals surface area contributed by atoms with E-state index in [2.05, 4.69) is 42.8 Å². The first-order valence-corrected chi connectivity index (χ1v) is 7.24. The molecular formula is C11H24N3O6SSb. The van der Waals surface area contributed by atoms with Gasteiger partial charge in [0.15, 0.2) is 0 Å². The Morgan fingerprint density at radius 1 is 0.773 bits per heavy atom. The fourth-order valence-electron chi connectivity index (χ4n) is 0.595. The molecule has 3 amide bonds. The molecule has 11 heteroatoms. The van der Waals surface area contributed by atoms with E-state index in [-0.39, 0.29) is 24.4 Å². The number of thioether (sulfide) groups is 1. The van der Waals surface area contributed by atoms with Gasteiger partial charge in [-0.2, -0.15) is 11.8 Å². The topological polar surface area (TPSA) is 198 Å². The maximum Gasteiger partial charge on any atom is 3.00 e. The van der Waals surface area contributed by atoms with Crippen LogP contribution in [0.2, 0.25) is 0 Å². The van der Waals surface area contributed by atoms with Crippen LogP contribution in [0.1, 0.15) is 39.5 Å². The van der Waals surface area contributed by atoms with Crippen LogP contribution < -0.4 is 32.5 Å². The van der Waals surface area contributed by atoms with E-state index in [0.29, 0.717) is 0 Å². The van der Waals surface area contributed by atoms with Crippen molar-refractivity contribution in [3.05, 3.63) is 0 Å². The van der Waals surface area contributed by atoms with Gasteiger partial charge in [-0.3, -0.25) is 0 Å². The van der Waals surface area contributed by atoms with Crippen molar-refractivity contribution in [3.63, 3.8) is 0 Å². The Morgan fingerprint density at radius 2 is 0.955 bits per heavy atom. The first-order valence-electron chi connectivity index (χ1n) is 6.08. The summed E-state index contributed by atoms with van der Waals surface area (Å²) in [7, 11) is 0. The zero-order chi connectivity index (χ0) is 17.7. The number of amides is 3. The van der Waals surface area contributed by atoms with E-state index in [1.165, 1.54) is 37.2 Å². The molecule has 0 bridgehead atoms. The fourth-order valence-corrected chi connectivity index (χ4v) is 1.78. The van der Waals surface area contributed by atoms with E-state index < -0.39 is 18.3 Å². The number of carboxylic acid groups (broad SMARTS) is 3. The summed E-state index contributed by atoms with van der Waals surface area (Å²) in [6, 6.07) is 0. The van der Waals surface area contributed by atoms with Crippen molar-refractivity contribution in [3.8, 4) is 0 Å². The van der Waals surface area contributed by atoms with Gasteiger partial charge in [-0.25, -0.2) is 0 Å². The van der Waals surface area contributed by atoms with Gasteiger partial charge in [-0.05, 0) is 24.3 Å². The molecule has 0 aliphatic rings. The molecule has 0 heterocycles. The number of hydrogen-bond donors (Lipinski definition) is 3. The zero-order valence-corrected chi connectivity index (χ0v) is 16.1. The average Bonchev–Trinajstić information content (AvgIpc) is 2.26. The van der Waals surface area contributed by atoms with Crippen LogP contribution in [-0.4, -0.2) is 54.2 Å². The number of hydrogen-bond acceptors (Lipinski definition) is 7. The number of unbranched alkanes of at least 4 members (excludes halogenated alkanes) is 2. The monoisotopic (exact) mass is 447 g/mol. The van der Waals surface area contributed by atoms with Gasteiger partial charge in [0, 0.05) is 0 Å². The second kappa shape index (κ2) is 32.1. The zero-order valence-electron chi connectivity index (χ0n) is 12.8. The largest absolute Gasteiger partial charge is 3.00 e. The van der Waals surface area contributed by atoms with Crippen molar-refractivity contribution < 1.29 is 29.7 Å². The van der Waals surface area contributed by atoms with E-state index in [1.807, 2.05) is 0 Å². The summed E-state index contributed by atoms with van der Waals surface area (Å²) in [5, 5.41) is 26.0. The molecule has 22 heavy (non-hydrogen) atoms. The first kappa shape index (κ1) is 32.8. The molecule has 0 aromatic heterocycles. The molecule has 0 spiro atoms. The van der Waals surface area contributed by atoms with Gasteiger partial charge >= 0.3 is 24.4 Å². The Morgan fingerprint density at radius 3 is 1.09 bits per heavy atom. The summed E-state index contributed by atoms with van der Waals surface area (Å²) in [6.07, 6.45) is 0.737. The third kappa shape index (κ3) is 248. The summed E-state index contributed by atoms with van der Waals surface area (Å²) in [5.74, 6) is 2.74. The number of nitrogens with two attached hydrogens (primary N) is 3. The van der Waals surface area contributed by atoms with Crippen LogP contribution in [0.3, 0.4) is 0 Å². The predicted molar refractivity (Wildman–Crippen MR) is 81.6 cm³/mol. The van der Waals surface area contributed by atoms with Crippen LogP contribution in [0.5, 0.6) is 0 Å². The average molecular weight is 448 g/mol. The van der Waals surface area contributed by atoms with Crippen LogP contribution in [-0.2, 0) is 0 Å². The number of primary amides is 3. The minimum Gasteiger partial charge on any atom is -0.530 e. The molecule has 130 valence electrons. The molecule has 0 aromatic rings. The Bertz CT molecular complexity index is 213. The normalized spacial score (nSPS) is 7.36. The van der Waals surface area contributed by atoms with Crippen LogP contribution in [0.25, 0.3) is 0 Å². The SMILES string of the molecule is CCCCSCCCC.NC(=O)[O-].NC(=O)[O-].NC(=O)[O-].[Sb+3]. The van der Waals surface area contributed by atoms with Crippen LogP contribution in [0, 0.1) is 0 Å². The molecule has 0 unspecified atom stereocenters. The van der Waals surface area contributed by atoms with E-state index in [0.717, 1.165) is 0 Å². The van der Waals surface area contributed by atoms with E-state index >= 15 is 0 Å². The molecule has 6 N–H and O–H groups in total. The number of rotatable bonds is 6. The molecule has 0 fully saturated rings. The Labute approximate surface area is 152 Å². The van der Waals surface area contributed by atoms with Gasteiger partial charge in [0.25, 0.3) is 0 Å². The molecule has 0 saturated heterocycles. The van der Waals surface area contributed by atoms with Gasteiger partial charge in [0.05, 0.1) is 0 Å². The van der Waals surface area contributed by atoms with Gasteiger partial charge in [-0.1, -0.05) is 26.7 Å². The second-order valence-corrected chi connectivity index (χ2v) is 4.50. The predicted octanol–water partition coefficient (Wildman–Crippen LogP) is -2.20. The molecule has 0 aromatic carbocycles. The van der Waals surface area contributed by atoms with Crippen molar-refractivity contribution in [1.82, 2.24) is 0 Å². The Balaban J connectivity index is -0.0000000632. The summed E-state index contributed by atoms with van der Waals surface area (Å²) in [4.78, 5) is 26.0. The molecule has 9 nitrogen and oxygen atoms in total. The quantitative estimate of drug-likeness (QED) is 0.303. The standard InChI is InChI=1S/C8H18S.3CH3NO2.Sb/c1-3-5-7-9-8-6-4-2;3*2-1(3)4;/h3-8H2,1-2H3;3*2H2,(H,3,4);/q;;;;+3/p-3. The number of carbonyl (C=O) groups is 3. The van der Waals surface area contributed by atoms with Crippen molar-refractivity contribution in [1.29, 1.82) is 0 Å². The molecule has 0 saturated carbocycles. The maximum atomic E-state index is 8.67. The Kier molecular flexibility index (Phi) is 47.8. The third-order valence-electron chi connectivity index (χ3n) is 1.28. The number of carbonyl (C=O) groups excluding carboxylic acids is 3. The minimum absolute atomic E-state index is 0. The molecule has 0 atom stereocenters. The second-order valence-electron chi connectivity index (χ2n) is 3.28. The van der Waals surface area contributed by atoms with Crippen LogP contribution in [0.4, 0.5) is 14.4 Å². The van der Waals surface area contributed by atoms with Crippen molar-refractivity contribution in [2.75, 3.05) is 11.5 Å².